The molecule has 0 amide bonds. The fourth-order valence-corrected chi connectivity index (χ4v) is 3.12. The summed E-state index contributed by atoms with van der Waals surface area (Å²) in [6, 6.07) is 14.1. The maximum Gasteiger partial charge on any atom is 0.0640 e. The third-order valence-electron chi connectivity index (χ3n) is 2.96. The van der Waals surface area contributed by atoms with Crippen LogP contribution in [0.25, 0.3) is 0 Å². The highest BCUT2D eigenvalue weighted by molar-refractivity contribution is 9.10. The molecule has 2 rings (SSSR count). The lowest BCUT2D eigenvalue weighted by Crippen LogP contribution is -1.98. The molecule has 0 saturated heterocycles. The number of rotatable bonds is 3. The summed E-state index contributed by atoms with van der Waals surface area (Å²) < 4.78 is 0.969. The molecule has 3 heteroatoms. The molecule has 0 fully saturated rings. The van der Waals surface area contributed by atoms with Crippen LogP contribution in [-0.2, 0) is 6.42 Å². The third kappa shape index (κ3) is 3.28. The van der Waals surface area contributed by atoms with Gasteiger partial charge in [0.1, 0.15) is 0 Å². The molecule has 0 aliphatic heterocycles. The largest absolute Gasteiger partial charge is 0.117 e. The Morgan fingerprint density at radius 2 is 1.89 bits per heavy atom. The molecule has 18 heavy (non-hydrogen) atoms. The molecule has 2 aromatic rings. The van der Waals surface area contributed by atoms with Gasteiger partial charge in [-0.25, -0.2) is 0 Å². The minimum absolute atomic E-state index is 0.105. The van der Waals surface area contributed by atoms with Crippen LogP contribution in [0.3, 0.4) is 0 Å². The van der Waals surface area contributed by atoms with Crippen LogP contribution in [-0.4, -0.2) is 0 Å². The monoisotopic (exact) mass is 342 g/mol. The predicted molar refractivity (Wildman–Crippen MR) is 82.6 cm³/mol. The van der Waals surface area contributed by atoms with Crippen LogP contribution < -0.4 is 0 Å². The van der Waals surface area contributed by atoms with E-state index in [1.165, 1.54) is 11.1 Å². The van der Waals surface area contributed by atoms with Crippen LogP contribution in [0.4, 0.5) is 0 Å². The van der Waals surface area contributed by atoms with E-state index in [9.17, 15) is 0 Å². The molecular weight excluding hydrogens is 331 g/mol. The Hall–Kier alpha value is -0.500. The van der Waals surface area contributed by atoms with Gasteiger partial charge in [-0.1, -0.05) is 57.9 Å². The molecule has 0 heterocycles. The Kier molecular flexibility index (Phi) is 4.71. The normalized spacial score (nSPS) is 12.4. The second-order valence-electron chi connectivity index (χ2n) is 4.26. The Morgan fingerprint density at radius 3 is 2.56 bits per heavy atom. The lowest BCUT2D eigenvalue weighted by molar-refractivity contribution is 0.911. The van der Waals surface area contributed by atoms with Gasteiger partial charge in [0.25, 0.3) is 0 Å². The van der Waals surface area contributed by atoms with E-state index in [2.05, 4.69) is 35.0 Å². The molecule has 0 nitrogen and oxygen atoms in total. The molecule has 0 bridgehead atoms. The van der Waals surface area contributed by atoms with Crippen LogP contribution in [0.1, 0.15) is 22.1 Å². The van der Waals surface area contributed by atoms with Gasteiger partial charge >= 0.3 is 0 Å². The first-order chi connectivity index (χ1) is 8.58. The first kappa shape index (κ1) is 13.9. The summed E-state index contributed by atoms with van der Waals surface area (Å²) in [4.78, 5) is 0. The van der Waals surface area contributed by atoms with Crippen molar-refractivity contribution in [2.24, 2.45) is 0 Å². The van der Waals surface area contributed by atoms with Crippen molar-refractivity contribution in [1.82, 2.24) is 0 Å². The van der Waals surface area contributed by atoms with Crippen molar-refractivity contribution in [2.45, 2.75) is 18.7 Å². The third-order valence-corrected chi connectivity index (χ3v) is 4.17. The summed E-state index contributed by atoms with van der Waals surface area (Å²) in [6.45, 7) is 2.10. The summed E-state index contributed by atoms with van der Waals surface area (Å²) in [6.07, 6.45) is 0.787. The van der Waals surface area contributed by atoms with Crippen molar-refractivity contribution in [3.63, 3.8) is 0 Å². The zero-order valence-electron chi connectivity index (χ0n) is 9.96. The number of benzene rings is 2. The second-order valence-corrected chi connectivity index (χ2v) is 6.11. The number of hydrogen-bond acceptors (Lipinski definition) is 0. The molecular formula is C15H13BrCl2. The fourth-order valence-electron chi connectivity index (χ4n) is 1.90. The smallest absolute Gasteiger partial charge is 0.0640 e. The van der Waals surface area contributed by atoms with Crippen molar-refractivity contribution in [1.29, 1.82) is 0 Å². The number of hydrogen-bond donors (Lipinski definition) is 0. The van der Waals surface area contributed by atoms with Crippen molar-refractivity contribution in [3.8, 4) is 0 Å². The topological polar surface area (TPSA) is 0 Å². The molecule has 0 aliphatic rings. The SMILES string of the molecule is Cc1ccccc1CC(Cl)c1ccc(Br)cc1Cl. The highest BCUT2D eigenvalue weighted by Gasteiger charge is 2.13. The van der Waals surface area contributed by atoms with Gasteiger partial charge in [-0.15, -0.1) is 11.6 Å². The van der Waals surface area contributed by atoms with Gasteiger partial charge < -0.3 is 0 Å². The van der Waals surface area contributed by atoms with E-state index in [1.54, 1.807) is 0 Å². The molecule has 2 aromatic carbocycles. The minimum atomic E-state index is -0.105. The first-order valence-electron chi connectivity index (χ1n) is 5.71. The molecule has 0 saturated carbocycles. The van der Waals surface area contributed by atoms with E-state index in [1.807, 2.05) is 30.3 Å². The fraction of sp³-hybridized carbons (Fsp3) is 0.200. The van der Waals surface area contributed by atoms with Crippen LogP contribution in [0.2, 0.25) is 5.02 Å². The first-order valence-corrected chi connectivity index (χ1v) is 7.32. The van der Waals surface area contributed by atoms with Crippen molar-refractivity contribution in [3.05, 3.63) is 68.7 Å². The molecule has 0 aromatic heterocycles. The van der Waals surface area contributed by atoms with Gasteiger partial charge in [-0.05, 0) is 42.2 Å². The van der Waals surface area contributed by atoms with Gasteiger partial charge in [-0.3, -0.25) is 0 Å². The van der Waals surface area contributed by atoms with Crippen molar-refractivity contribution >= 4 is 39.1 Å². The summed E-state index contributed by atoms with van der Waals surface area (Å²) in [7, 11) is 0. The van der Waals surface area contributed by atoms with Gasteiger partial charge in [0.2, 0.25) is 0 Å². The Labute approximate surface area is 126 Å². The molecule has 0 radical (unpaired) electrons. The highest BCUT2D eigenvalue weighted by atomic mass is 79.9. The Bertz CT molecular complexity index is 552. The average Bonchev–Trinajstić information content (AvgIpc) is 2.32. The molecule has 0 aliphatic carbocycles. The highest BCUT2D eigenvalue weighted by Crippen LogP contribution is 2.33. The van der Waals surface area contributed by atoms with E-state index in [0.29, 0.717) is 5.02 Å². The van der Waals surface area contributed by atoms with Gasteiger partial charge in [0, 0.05) is 9.50 Å². The maximum atomic E-state index is 6.47. The molecule has 1 atom stereocenters. The van der Waals surface area contributed by atoms with Gasteiger partial charge in [0.05, 0.1) is 5.38 Å². The molecule has 0 N–H and O–H groups in total. The maximum absolute atomic E-state index is 6.47. The predicted octanol–water partition coefficient (Wildman–Crippen LogP) is 5.93. The molecule has 94 valence electrons. The van der Waals surface area contributed by atoms with Crippen LogP contribution in [0.15, 0.2) is 46.9 Å². The zero-order valence-corrected chi connectivity index (χ0v) is 13.1. The van der Waals surface area contributed by atoms with Crippen LogP contribution in [0.5, 0.6) is 0 Å². The number of halogens is 3. The van der Waals surface area contributed by atoms with Crippen molar-refractivity contribution in [2.75, 3.05) is 0 Å². The van der Waals surface area contributed by atoms with E-state index in [-0.39, 0.29) is 5.38 Å². The second kappa shape index (κ2) is 6.10. The Morgan fingerprint density at radius 1 is 1.17 bits per heavy atom. The van der Waals surface area contributed by atoms with E-state index in [0.717, 1.165) is 16.5 Å². The summed E-state index contributed by atoms with van der Waals surface area (Å²) in [5.74, 6) is 0. The standard InChI is InChI=1S/C15H13BrCl2/c1-10-4-2-3-5-11(10)8-14(17)13-7-6-12(16)9-15(13)18/h2-7,9,14H,8H2,1H3. The van der Waals surface area contributed by atoms with E-state index < -0.39 is 0 Å². The number of alkyl halides is 1. The lowest BCUT2D eigenvalue weighted by atomic mass is 10.0. The van der Waals surface area contributed by atoms with E-state index >= 15 is 0 Å². The zero-order chi connectivity index (χ0) is 13.1. The van der Waals surface area contributed by atoms with Crippen LogP contribution >= 0.6 is 39.1 Å². The summed E-state index contributed by atoms with van der Waals surface area (Å²) in [5, 5.41) is 0.602. The van der Waals surface area contributed by atoms with E-state index in [4.69, 9.17) is 23.2 Å². The number of aryl methyl sites for hydroxylation is 1. The van der Waals surface area contributed by atoms with Crippen molar-refractivity contribution < 1.29 is 0 Å². The summed E-state index contributed by atoms with van der Waals surface area (Å²) >= 11 is 16.1. The quantitative estimate of drug-likeness (QED) is 0.605. The van der Waals surface area contributed by atoms with Gasteiger partial charge in [0.15, 0.2) is 0 Å². The average molecular weight is 344 g/mol. The van der Waals surface area contributed by atoms with Crippen LogP contribution in [0, 0.1) is 6.92 Å². The molecule has 1 unspecified atom stereocenters. The Balaban J connectivity index is 2.22. The van der Waals surface area contributed by atoms with Gasteiger partial charge in [-0.2, -0.15) is 0 Å². The minimum Gasteiger partial charge on any atom is -0.117 e. The molecule has 0 spiro atoms. The lowest BCUT2D eigenvalue weighted by Gasteiger charge is -2.13. The summed E-state index contributed by atoms with van der Waals surface area (Å²) in [5.41, 5.74) is 3.50.